The van der Waals surface area contributed by atoms with Gasteiger partial charge in [0, 0.05) is 24.8 Å². The van der Waals surface area contributed by atoms with Gasteiger partial charge in [0.25, 0.3) is 0 Å². The average Bonchev–Trinajstić information content (AvgIpc) is 3.12. The first-order valence-corrected chi connectivity index (χ1v) is 14.2. The molecule has 7 heteroatoms. The average molecular weight is 571 g/mol. The van der Waals surface area contributed by atoms with Crippen LogP contribution < -0.4 is 0 Å². The highest BCUT2D eigenvalue weighted by atomic mass is 16.3. The third-order valence-corrected chi connectivity index (χ3v) is 7.20. The molecule has 0 amide bonds. The molecule has 0 radical (unpaired) electrons. The fourth-order valence-electron chi connectivity index (χ4n) is 5.09. The van der Waals surface area contributed by atoms with E-state index in [1.54, 1.807) is 24.8 Å². The molecule has 1 aromatic carbocycles. The summed E-state index contributed by atoms with van der Waals surface area (Å²) in [5.74, 6) is 0. The summed E-state index contributed by atoms with van der Waals surface area (Å²) in [5, 5.41) is 10.3. The Morgan fingerprint density at radius 1 is 0.364 bits per heavy atom. The number of pyridine rings is 6. The monoisotopic (exact) mass is 570 g/mol. The van der Waals surface area contributed by atoms with E-state index in [0.717, 1.165) is 73.4 Å². The SMILES string of the molecule is OCc1cc(-c2cc(-c3ccccn3)nc(-c3ccccn3)c2)cc(-c2cc(-c3ccccn3)nc(-c3ccccn3)c2)c1. The van der Waals surface area contributed by atoms with Crippen molar-refractivity contribution in [2.75, 3.05) is 0 Å². The Hall–Kier alpha value is -5.92. The van der Waals surface area contributed by atoms with E-state index in [-0.39, 0.29) is 6.61 Å². The maximum atomic E-state index is 10.3. The predicted octanol–water partition coefficient (Wildman–Crippen LogP) is 7.55. The summed E-state index contributed by atoms with van der Waals surface area (Å²) in [4.78, 5) is 28.0. The lowest BCUT2D eigenvalue weighted by Gasteiger charge is -2.14. The van der Waals surface area contributed by atoms with Crippen LogP contribution in [0.15, 0.2) is 140 Å². The second-order valence-electron chi connectivity index (χ2n) is 10.2. The molecule has 6 aromatic heterocycles. The number of aliphatic hydroxyl groups excluding tert-OH is 1. The van der Waals surface area contributed by atoms with Gasteiger partial charge in [-0.15, -0.1) is 0 Å². The van der Waals surface area contributed by atoms with Crippen LogP contribution in [0.25, 0.3) is 67.8 Å². The van der Waals surface area contributed by atoms with Gasteiger partial charge in [-0.3, -0.25) is 19.9 Å². The number of aromatic nitrogens is 6. The summed E-state index contributed by atoms with van der Waals surface area (Å²) >= 11 is 0. The molecule has 44 heavy (non-hydrogen) atoms. The Bertz CT molecular complexity index is 1780. The van der Waals surface area contributed by atoms with Gasteiger partial charge in [0.15, 0.2) is 0 Å². The van der Waals surface area contributed by atoms with Gasteiger partial charge >= 0.3 is 0 Å². The molecule has 0 aliphatic rings. The smallest absolute Gasteiger partial charge is 0.0900 e. The molecule has 6 heterocycles. The third kappa shape index (κ3) is 5.72. The van der Waals surface area contributed by atoms with E-state index in [4.69, 9.17) is 9.97 Å². The fourth-order valence-corrected chi connectivity index (χ4v) is 5.09. The highest BCUT2D eigenvalue weighted by molar-refractivity contribution is 5.81. The molecule has 210 valence electrons. The van der Waals surface area contributed by atoms with E-state index in [0.29, 0.717) is 0 Å². The summed E-state index contributed by atoms with van der Waals surface area (Å²) in [5.41, 5.74) is 10.5. The Labute approximate surface area is 254 Å². The minimum atomic E-state index is -0.114. The Balaban J connectivity index is 1.41. The molecule has 7 nitrogen and oxygen atoms in total. The van der Waals surface area contributed by atoms with Crippen LogP contribution >= 0.6 is 0 Å². The van der Waals surface area contributed by atoms with Crippen molar-refractivity contribution < 1.29 is 5.11 Å². The molecular formula is C37H26N6O. The van der Waals surface area contributed by atoms with E-state index in [1.807, 2.05) is 109 Å². The van der Waals surface area contributed by atoms with Crippen LogP contribution in [0.3, 0.4) is 0 Å². The van der Waals surface area contributed by atoms with Crippen molar-refractivity contribution in [3.05, 3.63) is 146 Å². The second kappa shape index (κ2) is 12.1. The quantitative estimate of drug-likeness (QED) is 0.211. The molecule has 7 aromatic rings. The largest absolute Gasteiger partial charge is 0.392 e. The van der Waals surface area contributed by atoms with Gasteiger partial charge in [-0.2, -0.15) is 0 Å². The summed E-state index contributed by atoms with van der Waals surface area (Å²) in [6, 6.07) is 37.4. The van der Waals surface area contributed by atoms with E-state index in [9.17, 15) is 5.11 Å². The van der Waals surface area contributed by atoms with Gasteiger partial charge in [-0.1, -0.05) is 24.3 Å². The van der Waals surface area contributed by atoms with Crippen LogP contribution in [-0.4, -0.2) is 35.0 Å². The summed E-state index contributed by atoms with van der Waals surface area (Å²) < 4.78 is 0. The van der Waals surface area contributed by atoms with Crippen molar-refractivity contribution in [1.82, 2.24) is 29.9 Å². The molecule has 1 N–H and O–H groups in total. The number of nitrogens with zero attached hydrogens (tertiary/aromatic N) is 6. The highest BCUT2D eigenvalue weighted by Gasteiger charge is 2.15. The summed E-state index contributed by atoms with van der Waals surface area (Å²) in [6.45, 7) is -0.114. The van der Waals surface area contributed by atoms with Gasteiger partial charge in [0.1, 0.15) is 0 Å². The lowest BCUT2D eigenvalue weighted by Crippen LogP contribution is -1.96. The first-order valence-electron chi connectivity index (χ1n) is 14.2. The fraction of sp³-hybridized carbons (Fsp3) is 0.0270. The molecule has 0 saturated carbocycles. The standard InChI is InChI=1S/C37H26N6O/c44-24-25-17-26(28-20-34(30-9-1-5-13-38-30)42-35(21-28)31-10-2-6-14-39-31)19-27(18-25)29-22-36(32-11-3-7-15-40-32)43-37(23-29)33-12-4-8-16-41-33/h1-23,44H,24H2. The number of rotatable bonds is 7. The molecule has 0 spiro atoms. The summed E-state index contributed by atoms with van der Waals surface area (Å²) in [6.07, 6.45) is 7.04. The lowest BCUT2D eigenvalue weighted by atomic mass is 9.94. The van der Waals surface area contributed by atoms with Crippen molar-refractivity contribution in [2.24, 2.45) is 0 Å². The zero-order valence-electron chi connectivity index (χ0n) is 23.6. The van der Waals surface area contributed by atoms with Crippen LogP contribution in [0, 0.1) is 0 Å². The van der Waals surface area contributed by atoms with Gasteiger partial charge in [-0.05, 0) is 119 Å². The van der Waals surface area contributed by atoms with Crippen LogP contribution in [0.4, 0.5) is 0 Å². The molecule has 0 aliphatic carbocycles. The normalized spacial score (nSPS) is 10.9. The number of aliphatic hydroxyl groups is 1. The Morgan fingerprint density at radius 2 is 0.682 bits per heavy atom. The predicted molar refractivity (Wildman–Crippen MR) is 172 cm³/mol. The van der Waals surface area contributed by atoms with Gasteiger partial charge in [0.05, 0.1) is 52.2 Å². The van der Waals surface area contributed by atoms with Crippen molar-refractivity contribution in [3.63, 3.8) is 0 Å². The van der Waals surface area contributed by atoms with E-state index in [1.165, 1.54) is 0 Å². The van der Waals surface area contributed by atoms with Crippen LogP contribution in [0.5, 0.6) is 0 Å². The molecule has 0 bridgehead atoms. The molecule has 0 unspecified atom stereocenters. The van der Waals surface area contributed by atoms with Crippen LogP contribution in [-0.2, 0) is 6.61 Å². The lowest BCUT2D eigenvalue weighted by molar-refractivity contribution is 0.282. The molecule has 0 fully saturated rings. The van der Waals surface area contributed by atoms with Gasteiger partial charge in [0.2, 0.25) is 0 Å². The van der Waals surface area contributed by atoms with Gasteiger partial charge in [-0.25, -0.2) is 9.97 Å². The van der Waals surface area contributed by atoms with E-state index in [2.05, 4.69) is 26.0 Å². The van der Waals surface area contributed by atoms with E-state index >= 15 is 0 Å². The first kappa shape index (κ1) is 26.9. The van der Waals surface area contributed by atoms with Gasteiger partial charge < -0.3 is 5.11 Å². The first-order chi connectivity index (χ1) is 21.7. The topological polar surface area (TPSA) is 97.6 Å². The second-order valence-corrected chi connectivity index (χ2v) is 10.2. The Morgan fingerprint density at radius 3 is 0.955 bits per heavy atom. The van der Waals surface area contributed by atoms with Crippen molar-refractivity contribution in [2.45, 2.75) is 6.61 Å². The minimum absolute atomic E-state index is 0.114. The van der Waals surface area contributed by atoms with E-state index < -0.39 is 0 Å². The minimum Gasteiger partial charge on any atom is -0.392 e. The van der Waals surface area contributed by atoms with Crippen molar-refractivity contribution in [1.29, 1.82) is 0 Å². The number of hydrogen-bond acceptors (Lipinski definition) is 7. The zero-order chi connectivity index (χ0) is 29.7. The molecule has 7 rings (SSSR count). The Kier molecular flexibility index (Phi) is 7.43. The molecule has 0 aliphatic heterocycles. The van der Waals surface area contributed by atoms with Crippen LogP contribution in [0.1, 0.15) is 5.56 Å². The van der Waals surface area contributed by atoms with Crippen molar-refractivity contribution in [3.8, 4) is 67.8 Å². The zero-order valence-corrected chi connectivity index (χ0v) is 23.6. The molecule has 0 saturated heterocycles. The summed E-state index contributed by atoms with van der Waals surface area (Å²) in [7, 11) is 0. The number of hydrogen-bond donors (Lipinski definition) is 1. The van der Waals surface area contributed by atoms with Crippen LogP contribution in [0.2, 0.25) is 0 Å². The van der Waals surface area contributed by atoms with Crippen molar-refractivity contribution >= 4 is 0 Å². The maximum absolute atomic E-state index is 10.3. The molecular weight excluding hydrogens is 544 g/mol. The highest BCUT2D eigenvalue weighted by Crippen LogP contribution is 2.35. The number of benzene rings is 1. The maximum Gasteiger partial charge on any atom is 0.0900 e. The molecule has 0 atom stereocenters. The third-order valence-electron chi connectivity index (χ3n) is 7.20.